The van der Waals surface area contributed by atoms with E-state index in [1.165, 1.54) is 11.0 Å². The monoisotopic (exact) mass is 359 g/mol. The Morgan fingerprint density at radius 2 is 1.92 bits per heavy atom. The predicted octanol–water partition coefficient (Wildman–Crippen LogP) is 1.97. The Morgan fingerprint density at radius 1 is 1.20 bits per heavy atom. The van der Waals surface area contributed by atoms with E-state index in [1.807, 2.05) is 0 Å². The number of rotatable bonds is 3. The number of sulfonamides is 1. The van der Waals surface area contributed by atoms with Gasteiger partial charge in [0.1, 0.15) is 6.54 Å². The van der Waals surface area contributed by atoms with Crippen LogP contribution in [0.15, 0.2) is 42.5 Å². The van der Waals surface area contributed by atoms with E-state index in [0.717, 1.165) is 6.26 Å². The SMILES string of the molecule is Cc1cc(C(=O)N2CC(=O)Nc3ccccc32)ccc1NS(C)(=O)=O. The molecule has 2 aromatic rings. The van der Waals surface area contributed by atoms with E-state index in [2.05, 4.69) is 10.0 Å². The van der Waals surface area contributed by atoms with Crippen molar-refractivity contribution in [2.45, 2.75) is 6.92 Å². The molecule has 2 N–H and O–H groups in total. The normalized spacial score (nSPS) is 13.8. The van der Waals surface area contributed by atoms with Crippen LogP contribution in [0, 0.1) is 6.92 Å². The number of hydrogen-bond donors (Lipinski definition) is 2. The van der Waals surface area contributed by atoms with Gasteiger partial charge in [0.2, 0.25) is 15.9 Å². The summed E-state index contributed by atoms with van der Waals surface area (Å²) in [5.41, 5.74) is 2.62. The molecular weight excluding hydrogens is 342 g/mol. The van der Waals surface area contributed by atoms with Crippen LogP contribution in [0.25, 0.3) is 0 Å². The van der Waals surface area contributed by atoms with Crippen molar-refractivity contribution in [3.05, 3.63) is 53.6 Å². The van der Waals surface area contributed by atoms with Gasteiger partial charge in [-0.05, 0) is 42.8 Å². The van der Waals surface area contributed by atoms with Gasteiger partial charge in [-0.25, -0.2) is 8.42 Å². The second kappa shape index (κ2) is 6.21. The number of nitrogens with one attached hydrogen (secondary N) is 2. The van der Waals surface area contributed by atoms with Crippen molar-refractivity contribution in [2.24, 2.45) is 0 Å². The third kappa shape index (κ3) is 3.63. The molecule has 0 saturated heterocycles. The zero-order valence-electron chi connectivity index (χ0n) is 13.7. The van der Waals surface area contributed by atoms with Crippen molar-refractivity contribution >= 4 is 38.9 Å². The van der Waals surface area contributed by atoms with E-state index in [-0.39, 0.29) is 18.4 Å². The lowest BCUT2D eigenvalue weighted by Crippen LogP contribution is -2.42. The van der Waals surface area contributed by atoms with Gasteiger partial charge in [-0.1, -0.05) is 12.1 Å². The van der Waals surface area contributed by atoms with Crippen molar-refractivity contribution < 1.29 is 18.0 Å². The van der Waals surface area contributed by atoms with Gasteiger partial charge in [0.25, 0.3) is 5.91 Å². The Hall–Kier alpha value is -2.87. The highest BCUT2D eigenvalue weighted by molar-refractivity contribution is 7.92. The summed E-state index contributed by atoms with van der Waals surface area (Å²) in [7, 11) is -3.40. The summed E-state index contributed by atoms with van der Waals surface area (Å²) in [6.07, 6.45) is 1.06. The van der Waals surface area contributed by atoms with Crippen LogP contribution in [0.4, 0.5) is 17.1 Å². The summed E-state index contributed by atoms with van der Waals surface area (Å²) in [6.45, 7) is 1.64. The van der Waals surface area contributed by atoms with Gasteiger partial charge in [-0.2, -0.15) is 0 Å². The maximum absolute atomic E-state index is 12.9. The molecule has 1 heterocycles. The van der Waals surface area contributed by atoms with Gasteiger partial charge in [0.15, 0.2) is 0 Å². The van der Waals surface area contributed by atoms with Crippen molar-refractivity contribution in [3.8, 4) is 0 Å². The van der Waals surface area contributed by atoms with Crippen LogP contribution >= 0.6 is 0 Å². The van der Waals surface area contributed by atoms with Gasteiger partial charge in [0, 0.05) is 5.56 Å². The Bertz CT molecular complexity index is 970. The number of carbonyl (C=O) groups excluding carboxylic acids is 2. The molecule has 3 rings (SSSR count). The first-order valence-electron chi connectivity index (χ1n) is 7.54. The summed E-state index contributed by atoms with van der Waals surface area (Å²) < 4.78 is 25.1. The van der Waals surface area contributed by atoms with E-state index < -0.39 is 10.0 Å². The van der Waals surface area contributed by atoms with Crippen molar-refractivity contribution in [1.82, 2.24) is 0 Å². The zero-order chi connectivity index (χ0) is 18.2. The molecule has 0 bridgehead atoms. The lowest BCUT2D eigenvalue weighted by molar-refractivity contribution is -0.115. The van der Waals surface area contributed by atoms with Gasteiger partial charge in [-0.3, -0.25) is 19.2 Å². The van der Waals surface area contributed by atoms with Crippen molar-refractivity contribution in [3.63, 3.8) is 0 Å². The number of hydrogen-bond acceptors (Lipinski definition) is 4. The van der Waals surface area contributed by atoms with Crippen LogP contribution in [-0.4, -0.2) is 33.0 Å². The van der Waals surface area contributed by atoms with Crippen LogP contribution in [0.3, 0.4) is 0 Å². The molecule has 0 aromatic heterocycles. The first-order valence-corrected chi connectivity index (χ1v) is 9.43. The zero-order valence-corrected chi connectivity index (χ0v) is 14.6. The minimum atomic E-state index is -3.40. The fourth-order valence-electron chi connectivity index (χ4n) is 2.68. The molecule has 0 fully saturated rings. The van der Waals surface area contributed by atoms with E-state index in [9.17, 15) is 18.0 Å². The van der Waals surface area contributed by atoms with E-state index in [1.54, 1.807) is 43.3 Å². The fourth-order valence-corrected chi connectivity index (χ4v) is 3.31. The molecule has 0 atom stereocenters. The summed E-state index contributed by atoms with van der Waals surface area (Å²) in [5, 5.41) is 2.73. The van der Waals surface area contributed by atoms with Crippen LogP contribution in [0.1, 0.15) is 15.9 Å². The largest absolute Gasteiger partial charge is 0.323 e. The number of carbonyl (C=O) groups is 2. The molecule has 0 saturated carbocycles. The maximum Gasteiger partial charge on any atom is 0.258 e. The minimum Gasteiger partial charge on any atom is -0.323 e. The summed E-state index contributed by atoms with van der Waals surface area (Å²) in [5.74, 6) is -0.588. The van der Waals surface area contributed by atoms with Crippen LogP contribution in [0.5, 0.6) is 0 Å². The highest BCUT2D eigenvalue weighted by atomic mass is 32.2. The summed E-state index contributed by atoms with van der Waals surface area (Å²) in [6, 6.07) is 11.8. The number of fused-ring (bicyclic) bond motifs is 1. The minimum absolute atomic E-state index is 0.0712. The number of para-hydroxylation sites is 2. The maximum atomic E-state index is 12.9. The van der Waals surface area contributed by atoms with Gasteiger partial charge in [0.05, 0.1) is 23.3 Å². The molecule has 0 spiro atoms. The topological polar surface area (TPSA) is 95.6 Å². The molecule has 2 aromatic carbocycles. The molecule has 0 radical (unpaired) electrons. The highest BCUT2D eigenvalue weighted by Crippen LogP contribution is 2.30. The molecule has 2 amide bonds. The smallest absolute Gasteiger partial charge is 0.258 e. The molecule has 1 aliphatic heterocycles. The quantitative estimate of drug-likeness (QED) is 0.876. The average Bonchev–Trinajstić information content (AvgIpc) is 2.54. The van der Waals surface area contributed by atoms with Gasteiger partial charge >= 0.3 is 0 Å². The molecule has 0 aliphatic carbocycles. The lowest BCUT2D eigenvalue weighted by atomic mass is 10.1. The Morgan fingerprint density at radius 3 is 2.60 bits per heavy atom. The Balaban J connectivity index is 1.94. The average molecular weight is 359 g/mol. The molecule has 130 valence electrons. The Kier molecular flexibility index (Phi) is 4.22. The first kappa shape index (κ1) is 17.0. The highest BCUT2D eigenvalue weighted by Gasteiger charge is 2.27. The number of amides is 2. The second-order valence-corrected chi connectivity index (χ2v) is 7.61. The molecule has 7 nitrogen and oxygen atoms in total. The van der Waals surface area contributed by atoms with Crippen LogP contribution in [0.2, 0.25) is 0 Å². The standard InChI is InChI=1S/C17H17N3O4S/c1-11-9-12(7-8-13(11)19-25(2,23)24)17(22)20-10-16(21)18-14-5-3-4-6-15(14)20/h3-9,19H,10H2,1-2H3,(H,18,21). The third-order valence-electron chi connectivity index (χ3n) is 3.78. The number of benzene rings is 2. The van der Waals surface area contributed by atoms with Crippen LogP contribution in [-0.2, 0) is 14.8 Å². The van der Waals surface area contributed by atoms with Gasteiger partial charge < -0.3 is 5.32 Å². The van der Waals surface area contributed by atoms with E-state index in [4.69, 9.17) is 0 Å². The van der Waals surface area contributed by atoms with Gasteiger partial charge in [-0.15, -0.1) is 0 Å². The molecular formula is C17H17N3O4S. The molecule has 0 unspecified atom stereocenters. The predicted molar refractivity (Wildman–Crippen MR) is 96.4 cm³/mol. The number of nitrogens with zero attached hydrogens (tertiary/aromatic N) is 1. The first-order chi connectivity index (χ1) is 11.7. The number of anilines is 3. The Labute approximate surface area is 145 Å². The van der Waals surface area contributed by atoms with Crippen molar-refractivity contribution in [2.75, 3.05) is 27.7 Å². The molecule has 1 aliphatic rings. The van der Waals surface area contributed by atoms with E-state index >= 15 is 0 Å². The molecule has 8 heteroatoms. The lowest BCUT2D eigenvalue weighted by Gasteiger charge is -2.29. The molecule has 25 heavy (non-hydrogen) atoms. The van der Waals surface area contributed by atoms with E-state index in [0.29, 0.717) is 28.2 Å². The summed E-state index contributed by atoms with van der Waals surface area (Å²) in [4.78, 5) is 26.1. The second-order valence-electron chi connectivity index (χ2n) is 5.86. The third-order valence-corrected chi connectivity index (χ3v) is 4.38. The van der Waals surface area contributed by atoms with Crippen LogP contribution < -0.4 is 14.9 Å². The van der Waals surface area contributed by atoms with Crippen molar-refractivity contribution in [1.29, 1.82) is 0 Å². The summed E-state index contributed by atoms with van der Waals surface area (Å²) >= 11 is 0. The fraction of sp³-hybridized carbons (Fsp3) is 0.176. The number of aryl methyl sites for hydroxylation is 1.